The lowest BCUT2D eigenvalue weighted by Gasteiger charge is -2.13. The second-order valence-corrected chi connectivity index (χ2v) is 5.61. The summed E-state index contributed by atoms with van der Waals surface area (Å²) < 4.78 is 0. The van der Waals surface area contributed by atoms with Crippen molar-refractivity contribution in [3.05, 3.63) is 70.8 Å². The minimum absolute atomic E-state index is 0.00897. The van der Waals surface area contributed by atoms with Crippen molar-refractivity contribution in [1.82, 2.24) is 0 Å². The van der Waals surface area contributed by atoms with Gasteiger partial charge in [-0.25, -0.2) is 0 Å². The lowest BCUT2D eigenvalue weighted by molar-refractivity contribution is 0.101. The maximum atomic E-state index is 11.5. The van der Waals surface area contributed by atoms with Crippen molar-refractivity contribution < 1.29 is 9.59 Å². The molecule has 0 amide bonds. The van der Waals surface area contributed by atoms with Gasteiger partial charge >= 0.3 is 0 Å². The van der Waals surface area contributed by atoms with Gasteiger partial charge < -0.3 is 0 Å². The molecule has 2 nitrogen and oxygen atoms in total. The lowest BCUT2D eigenvalue weighted by Crippen LogP contribution is -2.03. The number of carbonyl (C=O) groups is 2. The van der Waals surface area contributed by atoms with Crippen LogP contribution in [-0.2, 0) is 0 Å². The quantitative estimate of drug-likeness (QED) is 0.567. The molecule has 2 rings (SSSR count). The minimum atomic E-state index is -0.0789. The number of halogens is 2. The molecule has 0 unspecified atom stereocenters. The molecule has 0 aliphatic heterocycles. The van der Waals surface area contributed by atoms with E-state index in [2.05, 4.69) is 6.92 Å². The molecule has 0 aliphatic rings. The molecule has 0 saturated carbocycles. The smallest absolute Gasteiger partial charge is 0.177 e. The zero-order valence-electron chi connectivity index (χ0n) is 12.2. The molecule has 0 heterocycles. The molecule has 22 heavy (non-hydrogen) atoms. The number of ketones is 2. The van der Waals surface area contributed by atoms with E-state index in [1.165, 1.54) is 0 Å². The van der Waals surface area contributed by atoms with Crippen LogP contribution in [0, 0.1) is 0 Å². The van der Waals surface area contributed by atoms with Crippen molar-refractivity contribution in [3.8, 4) is 0 Å². The highest BCUT2D eigenvalue weighted by molar-refractivity contribution is 6.30. The van der Waals surface area contributed by atoms with Crippen LogP contribution in [0.15, 0.2) is 48.5 Å². The first-order chi connectivity index (χ1) is 10.6. The van der Waals surface area contributed by atoms with E-state index in [-0.39, 0.29) is 29.2 Å². The fraction of sp³-hybridized carbons (Fsp3) is 0.222. The first kappa shape index (κ1) is 16.7. The molecule has 2 aromatic rings. The van der Waals surface area contributed by atoms with Gasteiger partial charge in [0.25, 0.3) is 0 Å². The predicted molar refractivity (Wildman–Crippen MR) is 90.5 cm³/mol. The van der Waals surface area contributed by atoms with Crippen molar-refractivity contribution in [3.63, 3.8) is 0 Å². The maximum Gasteiger partial charge on any atom is 0.177 e. The second kappa shape index (κ2) is 7.57. The van der Waals surface area contributed by atoms with E-state index in [9.17, 15) is 9.59 Å². The Balaban J connectivity index is 2.18. The summed E-state index contributed by atoms with van der Waals surface area (Å²) in [5, 5.41) is 0. The monoisotopic (exact) mass is 334 g/mol. The van der Waals surface area contributed by atoms with Gasteiger partial charge in [-0.05, 0) is 11.1 Å². The Morgan fingerprint density at radius 1 is 0.773 bits per heavy atom. The molecule has 4 heteroatoms. The van der Waals surface area contributed by atoms with Crippen molar-refractivity contribution >= 4 is 34.8 Å². The molecule has 0 atom stereocenters. The number of benzene rings is 2. The average molecular weight is 335 g/mol. The van der Waals surface area contributed by atoms with Gasteiger partial charge in [0.1, 0.15) is 0 Å². The van der Waals surface area contributed by atoms with E-state index >= 15 is 0 Å². The standard InChI is InChI=1S/C18H16Cl2O2/c1-12(13-2-6-15(7-3-13)17(21)10-19)14-4-8-16(9-5-14)18(22)11-20/h2-9,12H,10-11H2,1H3. The first-order valence-corrected chi connectivity index (χ1v) is 8.02. The normalized spacial score (nSPS) is 10.7. The van der Waals surface area contributed by atoms with Crippen molar-refractivity contribution in [1.29, 1.82) is 0 Å². The number of hydrogen-bond acceptors (Lipinski definition) is 2. The van der Waals surface area contributed by atoms with E-state index < -0.39 is 0 Å². The van der Waals surface area contributed by atoms with Gasteiger partial charge in [-0.15, -0.1) is 23.2 Å². The Morgan fingerprint density at radius 3 is 1.36 bits per heavy atom. The fourth-order valence-electron chi connectivity index (χ4n) is 2.26. The zero-order valence-corrected chi connectivity index (χ0v) is 13.7. The Hall–Kier alpha value is -1.64. The Bertz CT molecular complexity index is 601. The van der Waals surface area contributed by atoms with E-state index in [4.69, 9.17) is 23.2 Å². The molecule has 0 aliphatic carbocycles. The summed E-state index contributed by atoms with van der Waals surface area (Å²) in [6, 6.07) is 14.9. The highest BCUT2D eigenvalue weighted by atomic mass is 35.5. The first-order valence-electron chi connectivity index (χ1n) is 6.95. The van der Waals surface area contributed by atoms with Crippen LogP contribution in [0.3, 0.4) is 0 Å². The number of rotatable bonds is 6. The highest BCUT2D eigenvalue weighted by Crippen LogP contribution is 2.25. The summed E-state index contributed by atoms with van der Waals surface area (Å²) in [6.45, 7) is 2.08. The molecular formula is C18H16Cl2O2. The molecule has 2 aromatic carbocycles. The third-order valence-electron chi connectivity index (χ3n) is 3.71. The third-order valence-corrected chi connectivity index (χ3v) is 4.19. The Morgan fingerprint density at radius 2 is 1.09 bits per heavy atom. The van der Waals surface area contributed by atoms with Crippen molar-refractivity contribution in [2.75, 3.05) is 11.8 Å². The lowest BCUT2D eigenvalue weighted by atomic mass is 9.91. The summed E-state index contributed by atoms with van der Waals surface area (Å²) in [5.74, 6) is -0.00874. The minimum Gasteiger partial charge on any atom is -0.293 e. The molecule has 0 aromatic heterocycles. The predicted octanol–water partition coefficient (Wildman–Crippen LogP) is 4.68. The van der Waals surface area contributed by atoms with E-state index in [1.54, 1.807) is 24.3 Å². The van der Waals surface area contributed by atoms with Crippen molar-refractivity contribution in [2.45, 2.75) is 12.8 Å². The van der Waals surface area contributed by atoms with Crippen LogP contribution in [0.25, 0.3) is 0 Å². The van der Waals surface area contributed by atoms with Crippen LogP contribution in [0.1, 0.15) is 44.7 Å². The zero-order chi connectivity index (χ0) is 16.1. The van der Waals surface area contributed by atoms with Crippen LogP contribution in [-0.4, -0.2) is 23.3 Å². The van der Waals surface area contributed by atoms with Gasteiger partial charge in [-0.2, -0.15) is 0 Å². The molecule has 0 N–H and O–H groups in total. The molecule has 0 saturated heterocycles. The van der Waals surface area contributed by atoms with Gasteiger partial charge in [0.2, 0.25) is 0 Å². The molecule has 114 valence electrons. The molecular weight excluding hydrogens is 319 g/mol. The molecule has 0 radical (unpaired) electrons. The summed E-state index contributed by atoms with van der Waals surface area (Å²) in [4.78, 5) is 23.0. The van der Waals surface area contributed by atoms with Crippen LogP contribution < -0.4 is 0 Å². The van der Waals surface area contributed by atoms with Gasteiger partial charge in [0.15, 0.2) is 11.6 Å². The maximum absolute atomic E-state index is 11.5. The van der Waals surface area contributed by atoms with Crippen LogP contribution in [0.2, 0.25) is 0 Å². The topological polar surface area (TPSA) is 34.1 Å². The summed E-state index contributed by atoms with van der Waals surface area (Å²) >= 11 is 11.1. The average Bonchev–Trinajstić information content (AvgIpc) is 2.60. The molecule has 0 spiro atoms. The van der Waals surface area contributed by atoms with E-state index in [1.807, 2.05) is 24.3 Å². The summed E-state index contributed by atoms with van der Waals surface area (Å²) in [6.07, 6.45) is 0. The van der Waals surface area contributed by atoms with Gasteiger partial charge in [0.05, 0.1) is 11.8 Å². The molecule has 0 bridgehead atoms. The van der Waals surface area contributed by atoms with Crippen molar-refractivity contribution in [2.24, 2.45) is 0 Å². The second-order valence-electron chi connectivity index (χ2n) is 5.08. The van der Waals surface area contributed by atoms with E-state index in [0.29, 0.717) is 11.1 Å². The van der Waals surface area contributed by atoms with Crippen LogP contribution in [0.4, 0.5) is 0 Å². The number of carbonyl (C=O) groups excluding carboxylic acids is 2. The fourth-order valence-corrected chi connectivity index (χ4v) is 2.57. The Labute approximate surface area is 140 Å². The Kier molecular flexibility index (Phi) is 5.76. The van der Waals surface area contributed by atoms with Gasteiger partial charge in [-0.1, -0.05) is 55.5 Å². The SMILES string of the molecule is CC(c1ccc(C(=O)CCl)cc1)c1ccc(C(=O)CCl)cc1. The third kappa shape index (κ3) is 3.76. The van der Waals surface area contributed by atoms with Crippen LogP contribution in [0.5, 0.6) is 0 Å². The highest BCUT2D eigenvalue weighted by Gasteiger charge is 2.11. The number of alkyl halides is 2. The van der Waals surface area contributed by atoms with Crippen LogP contribution >= 0.6 is 23.2 Å². The number of Topliss-reactive ketones (excluding diaryl/α,β-unsaturated/α-hetero) is 2. The van der Waals surface area contributed by atoms with Gasteiger partial charge in [-0.3, -0.25) is 9.59 Å². The molecule has 0 fully saturated rings. The summed E-state index contributed by atoms with van der Waals surface area (Å²) in [5.41, 5.74) is 3.44. The number of hydrogen-bond donors (Lipinski definition) is 0. The largest absolute Gasteiger partial charge is 0.293 e. The van der Waals surface area contributed by atoms with Gasteiger partial charge in [0, 0.05) is 17.0 Å². The summed E-state index contributed by atoms with van der Waals surface area (Å²) in [7, 11) is 0. The van der Waals surface area contributed by atoms with E-state index in [0.717, 1.165) is 11.1 Å².